The smallest absolute Gasteiger partial charge is 0.253 e. The second-order valence-corrected chi connectivity index (χ2v) is 8.17. The molecule has 0 atom stereocenters. The number of hydrogen-bond acceptors (Lipinski definition) is 5. The summed E-state index contributed by atoms with van der Waals surface area (Å²) in [6.45, 7) is 3.00. The van der Waals surface area contributed by atoms with Crippen LogP contribution in [0.4, 0.5) is 13.2 Å². The van der Waals surface area contributed by atoms with E-state index in [1.807, 2.05) is 6.07 Å². The second-order valence-electron chi connectivity index (χ2n) is 4.89. The van der Waals surface area contributed by atoms with Crippen LogP contribution in [0.5, 0.6) is 0 Å². The summed E-state index contributed by atoms with van der Waals surface area (Å²) < 4.78 is 85.7. The van der Waals surface area contributed by atoms with Crippen molar-refractivity contribution in [1.82, 2.24) is 4.13 Å². The maximum Gasteiger partial charge on any atom is 0.512 e. The first-order valence-electron chi connectivity index (χ1n) is 6.58. The van der Waals surface area contributed by atoms with Gasteiger partial charge in [0.05, 0.1) is 6.61 Å². The Balaban J connectivity index is 2.15. The molecule has 0 radical (unpaired) electrons. The van der Waals surface area contributed by atoms with Crippen molar-refractivity contribution in [3.05, 3.63) is 54.1 Å². The van der Waals surface area contributed by atoms with E-state index < -0.39 is 32.4 Å². The Kier molecular flexibility index (Phi) is 5.23. The topological polar surface area (TPSA) is 89.5 Å². The van der Waals surface area contributed by atoms with Gasteiger partial charge in [-0.15, -0.1) is 0 Å². The zero-order valence-corrected chi connectivity index (χ0v) is 14.1. The van der Waals surface area contributed by atoms with E-state index in [0.717, 1.165) is 16.3 Å². The number of alkyl halides is 3. The lowest BCUT2D eigenvalue weighted by Crippen LogP contribution is -2.40. The van der Waals surface area contributed by atoms with E-state index in [0.29, 0.717) is 9.69 Å². The molecule has 11 heteroatoms. The Morgan fingerprint density at radius 3 is 2.24 bits per heavy atom. The van der Waals surface area contributed by atoms with Crippen LogP contribution in [0.15, 0.2) is 43.0 Å². The lowest BCUT2D eigenvalue weighted by molar-refractivity contribution is -0.0442. The Morgan fingerprint density at radius 1 is 1.04 bits per heavy atom. The van der Waals surface area contributed by atoms with Crippen molar-refractivity contribution < 1.29 is 34.2 Å². The van der Waals surface area contributed by atoms with E-state index >= 15 is 0 Å². The van der Waals surface area contributed by atoms with Crippen molar-refractivity contribution in [2.24, 2.45) is 0 Å². The largest absolute Gasteiger partial charge is 0.512 e. The van der Waals surface area contributed by atoms with Gasteiger partial charge in [-0.05, 0) is 34.0 Å². The number of fused-ring (bicyclic) bond motifs is 1. The van der Waals surface area contributed by atoms with Crippen molar-refractivity contribution in [3.8, 4) is 0 Å². The third-order valence-corrected chi connectivity index (χ3v) is 5.79. The van der Waals surface area contributed by atoms with Gasteiger partial charge >= 0.3 is 25.8 Å². The fourth-order valence-corrected chi connectivity index (χ4v) is 3.82. The first kappa shape index (κ1) is 19.4. The molecule has 0 aliphatic rings. The van der Waals surface area contributed by atoms with Crippen molar-refractivity contribution >= 4 is 37.2 Å². The average Bonchev–Trinajstić information content (AvgIpc) is 2.50. The molecule has 0 heterocycles. The predicted molar refractivity (Wildman–Crippen MR) is 85.9 cm³/mol. The number of hydrogen-bond donors (Lipinski definition) is 1. The van der Waals surface area contributed by atoms with Gasteiger partial charge in [0, 0.05) is 0 Å². The van der Waals surface area contributed by atoms with Gasteiger partial charge in [-0.25, -0.2) is 8.42 Å². The van der Waals surface area contributed by atoms with E-state index in [2.05, 4.69) is 10.8 Å². The Hall–Kier alpha value is -1.95. The van der Waals surface area contributed by atoms with E-state index in [1.54, 1.807) is 30.3 Å². The van der Waals surface area contributed by atoms with Crippen LogP contribution in [0, 0.1) is 0 Å². The average molecular weight is 395 g/mol. The molecule has 2 rings (SSSR count). The second kappa shape index (κ2) is 6.75. The van der Waals surface area contributed by atoms with Crippen molar-refractivity contribution in [3.63, 3.8) is 0 Å². The third kappa shape index (κ3) is 4.78. The molecule has 0 aliphatic carbocycles. The van der Waals surface area contributed by atoms with Gasteiger partial charge in [0.15, 0.2) is 0 Å². The maximum atomic E-state index is 12.2. The minimum absolute atomic E-state index is 0.327. The predicted octanol–water partition coefficient (Wildman–Crippen LogP) is 2.68. The molecule has 6 nitrogen and oxygen atoms in total. The fourth-order valence-electron chi connectivity index (χ4n) is 1.88. The number of rotatable bonds is 6. The standard InChI is InChI=1S/C14H12F3NO5S2/c1-2-10-3-5-13-8-11(4-6-12(13)7-10)9-23-25(21,22)18-24(19,20)14(15,16)17/h2-8,18H,1,9H2. The first-order valence-corrected chi connectivity index (χ1v) is 9.47. The summed E-state index contributed by atoms with van der Waals surface area (Å²) >= 11 is 0. The molecular weight excluding hydrogens is 383 g/mol. The summed E-state index contributed by atoms with van der Waals surface area (Å²) in [6.07, 6.45) is 1.65. The summed E-state index contributed by atoms with van der Waals surface area (Å²) in [4.78, 5) is 0. The van der Waals surface area contributed by atoms with E-state index in [1.165, 1.54) is 6.07 Å². The SMILES string of the molecule is C=Cc1ccc2cc(COS(=O)(=O)NS(=O)(=O)C(F)(F)F)ccc2c1. The Bertz CT molecular complexity index is 1010. The zero-order chi connectivity index (χ0) is 18.9. The molecule has 25 heavy (non-hydrogen) atoms. The Morgan fingerprint density at radius 2 is 1.64 bits per heavy atom. The molecule has 0 amide bonds. The molecule has 0 spiro atoms. The molecule has 0 bridgehead atoms. The Labute approximate surface area is 142 Å². The van der Waals surface area contributed by atoms with E-state index in [-0.39, 0.29) is 0 Å². The molecular formula is C14H12F3NO5S2. The fraction of sp³-hybridized carbons (Fsp3) is 0.143. The molecule has 1 N–H and O–H groups in total. The number of sulfonamides is 1. The molecule has 0 saturated carbocycles. The molecule has 0 unspecified atom stereocenters. The van der Waals surface area contributed by atoms with Gasteiger partial charge in [-0.1, -0.05) is 41.0 Å². The van der Waals surface area contributed by atoms with Crippen LogP contribution in [-0.4, -0.2) is 22.3 Å². The van der Waals surface area contributed by atoms with Gasteiger partial charge in [0.1, 0.15) is 0 Å². The molecule has 0 saturated heterocycles. The summed E-state index contributed by atoms with van der Waals surface area (Å²) in [5, 5.41) is 1.57. The van der Waals surface area contributed by atoms with Crippen LogP contribution in [0.2, 0.25) is 0 Å². The molecule has 0 aliphatic heterocycles. The highest BCUT2D eigenvalue weighted by Gasteiger charge is 2.48. The monoisotopic (exact) mass is 395 g/mol. The van der Waals surface area contributed by atoms with Crippen LogP contribution in [0.3, 0.4) is 0 Å². The van der Waals surface area contributed by atoms with Crippen LogP contribution in [0.25, 0.3) is 16.8 Å². The van der Waals surface area contributed by atoms with Gasteiger partial charge in [0.25, 0.3) is 0 Å². The number of nitrogens with one attached hydrogen (secondary N) is 1. The van der Waals surface area contributed by atoms with Gasteiger partial charge in [-0.2, -0.15) is 21.6 Å². The maximum absolute atomic E-state index is 12.2. The molecule has 136 valence electrons. The molecule has 2 aromatic carbocycles. The zero-order valence-electron chi connectivity index (χ0n) is 12.4. The van der Waals surface area contributed by atoms with Gasteiger partial charge < -0.3 is 0 Å². The van der Waals surface area contributed by atoms with Crippen molar-refractivity contribution in [1.29, 1.82) is 0 Å². The van der Waals surface area contributed by atoms with Crippen LogP contribution in [-0.2, 0) is 31.1 Å². The van der Waals surface area contributed by atoms with Gasteiger partial charge in [0.2, 0.25) is 0 Å². The van der Waals surface area contributed by atoms with E-state index in [4.69, 9.17) is 0 Å². The van der Waals surface area contributed by atoms with Crippen LogP contribution in [0.1, 0.15) is 11.1 Å². The number of halogens is 3. The highest BCUT2D eigenvalue weighted by atomic mass is 32.3. The molecule has 0 aromatic heterocycles. The summed E-state index contributed by atoms with van der Waals surface area (Å²) in [7, 11) is -11.2. The van der Waals surface area contributed by atoms with Crippen LogP contribution >= 0.6 is 0 Å². The minimum Gasteiger partial charge on any atom is -0.253 e. The van der Waals surface area contributed by atoms with Crippen molar-refractivity contribution in [2.75, 3.05) is 0 Å². The quantitative estimate of drug-likeness (QED) is 0.812. The third-order valence-electron chi connectivity index (χ3n) is 3.06. The van der Waals surface area contributed by atoms with E-state index in [9.17, 15) is 30.0 Å². The summed E-state index contributed by atoms with van der Waals surface area (Å²) in [6, 6.07) is 10.1. The summed E-state index contributed by atoms with van der Waals surface area (Å²) in [5.41, 5.74) is -4.57. The lowest BCUT2D eigenvalue weighted by atomic mass is 10.0. The molecule has 0 fully saturated rings. The summed E-state index contributed by atoms with van der Waals surface area (Å²) in [5.74, 6) is 0. The molecule has 2 aromatic rings. The minimum atomic E-state index is -6.07. The first-order chi connectivity index (χ1) is 11.4. The van der Waals surface area contributed by atoms with Crippen molar-refractivity contribution in [2.45, 2.75) is 12.1 Å². The highest BCUT2D eigenvalue weighted by Crippen LogP contribution is 2.23. The highest BCUT2D eigenvalue weighted by molar-refractivity contribution is 8.03. The lowest BCUT2D eigenvalue weighted by Gasteiger charge is -2.10. The van der Waals surface area contributed by atoms with Crippen LogP contribution < -0.4 is 4.13 Å². The number of benzene rings is 2. The van der Waals surface area contributed by atoms with Gasteiger partial charge in [-0.3, -0.25) is 4.18 Å². The normalized spacial score (nSPS) is 13.1.